The van der Waals surface area contributed by atoms with Crippen LogP contribution in [0.2, 0.25) is 0 Å². The van der Waals surface area contributed by atoms with Crippen molar-refractivity contribution in [2.45, 2.75) is 18.8 Å². The van der Waals surface area contributed by atoms with Crippen molar-refractivity contribution in [2.24, 2.45) is 0 Å². The molecular weight excluding hydrogens is 288 g/mol. The first-order chi connectivity index (χ1) is 8.10. The van der Waals surface area contributed by atoms with Gasteiger partial charge in [-0.05, 0) is 33.6 Å². The Kier molecular flexibility index (Phi) is 3.47. The standard InChI is InChI=1S/C12H11BrO4/c1-16-10-3-2-7(4-9(10)13)8-5-11(14)17-12(15)6-8/h2-4,8H,5-6H2,1H3. The predicted molar refractivity (Wildman–Crippen MR) is 63.8 cm³/mol. The molecule has 0 N–H and O–H groups in total. The Bertz CT molecular complexity index is 454. The number of rotatable bonds is 2. The lowest BCUT2D eigenvalue weighted by atomic mass is 9.91. The summed E-state index contributed by atoms with van der Waals surface area (Å²) in [6.45, 7) is 0. The van der Waals surface area contributed by atoms with E-state index in [1.165, 1.54) is 0 Å². The van der Waals surface area contributed by atoms with Crippen molar-refractivity contribution in [3.8, 4) is 5.75 Å². The topological polar surface area (TPSA) is 52.6 Å². The highest BCUT2D eigenvalue weighted by atomic mass is 79.9. The molecule has 90 valence electrons. The zero-order valence-corrected chi connectivity index (χ0v) is 10.8. The number of esters is 2. The number of benzene rings is 1. The molecular formula is C12H11BrO4. The smallest absolute Gasteiger partial charge is 0.314 e. The molecule has 0 saturated carbocycles. The summed E-state index contributed by atoms with van der Waals surface area (Å²) in [5, 5.41) is 0. The van der Waals surface area contributed by atoms with Crippen LogP contribution in [0, 0.1) is 0 Å². The van der Waals surface area contributed by atoms with Crippen LogP contribution in [0.3, 0.4) is 0 Å². The molecule has 1 fully saturated rings. The molecule has 0 unspecified atom stereocenters. The minimum absolute atomic E-state index is 0.106. The van der Waals surface area contributed by atoms with Crippen LogP contribution in [-0.4, -0.2) is 19.0 Å². The van der Waals surface area contributed by atoms with Crippen molar-refractivity contribution in [1.29, 1.82) is 0 Å². The Labute approximate surface area is 107 Å². The lowest BCUT2D eigenvalue weighted by Gasteiger charge is -2.20. The molecule has 1 aromatic rings. The molecule has 1 saturated heterocycles. The first-order valence-electron chi connectivity index (χ1n) is 5.17. The van der Waals surface area contributed by atoms with E-state index in [4.69, 9.17) is 4.74 Å². The van der Waals surface area contributed by atoms with E-state index in [1.54, 1.807) is 7.11 Å². The minimum Gasteiger partial charge on any atom is -0.496 e. The number of carbonyl (C=O) groups excluding carboxylic acids is 2. The van der Waals surface area contributed by atoms with Gasteiger partial charge in [0.15, 0.2) is 0 Å². The largest absolute Gasteiger partial charge is 0.496 e. The van der Waals surface area contributed by atoms with Gasteiger partial charge in [-0.2, -0.15) is 0 Å². The maximum Gasteiger partial charge on any atom is 0.314 e. The van der Waals surface area contributed by atoms with Crippen LogP contribution >= 0.6 is 15.9 Å². The van der Waals surface area contributed by atoms with Crippen LogP contribution in [0.1, 0.15) is 24.3 Å². The highest BCUT2D eigenvalue weighted by Crippen LogP contribution is 2.33. The van der Waals surface area contributed by atoms with Crippen LogP contribution in [-0.2, 0) is 14.3 Å². The fraction of sp³-hybridized carbons (Fsp3) is 0.333. The molecule has 17 heavy (non-hydrogen) atoms. The van der Waals surface area contributed by atoms with E-state index in [1.807, 2.05) is 18.2 Å². The Morgan fingerprint density at radius 1 is 1.29 bits per heavy atom. The zero-order chi connectivity index (χ0) is 12.4. The van der Waals surface area contributed by atoms with E-state index in [0.29, 0.717) is 0 Å². The minimum atomic E-state index is -0.460. The van der Waals surface area contributed by atoms with Gasteiger partial charge in [0.25, 0.3) is 0 Å². The highest BCUT2D eigenvalue weighted by molar-refractivity contribution is 9.10. The van der Waals surface area contributed by atoms with Crippen LogP contribution < -0.4 is 4.74 Å². The third-order valence-corrected chi connectivity index (χ3v) is 3.32. The molecule has 0 spiro atoms. The van der Waals surface area contributed by atoms with Gasteiger partial charge in [0.2, 0.25) is 0 Å². The summed E-state index contributed by atoms with van der Waals surface area (Å²) in [7, 11) is 1.58. The molecule has 0 atom stereocenters. The Morgan fingerprint density at radius 3 is 2.47 bits per heavy atom. The molecule has 1 heterocycles. The summed E-state index contributed by atoms with van der Waals surface area (Å²) in [6.07, 6.45) is 0.481. The van der Waals surface area contributed by atoms with Gasteiger partial charge < -0.3 is 9.47 Å². The van der Waals surface area contributed by atoms with E-state index >= 15 is 0 Å². The lowest BCUT2D eigenvalue weighted by molar-refractivity contribution is -0.163. The van der Waals surface area contributed by atoms with Gasteiger partial charge in [-0.3, -0.25) is 9.59 Å². The molecule has 1 aliphatic heterocycles. The number of methoxy groups -OCH3 is 1. The Balaban J connectivity index is 2.25. The molecule has 1 aromatic carbocycles. The van der Waals surface area contributed by atoms with Crippen LogP contribution in [0.15, 0.2) is 22.7 Å². The number of cyclic esters (lactones) is 2. The van der Waals surface area contributed by atoms with Crippen molar-refractivity contribution in [2.75, 3.05) is 7.11 Å². The quantitative estimate of drug-likeness (QED) is 0.621. The first kappa shape index (κ1) is 12.1. The molecule has 0 aromatic heterocycles. The normalized spacial score (nSPS) is 16.8. The van der Waals surface area contributed by atoms with Crippen molar-refractivity contribution in [1.82, 2.24) is 0 Å². The van der Waals surface area contributed by atoms with Crippen molar-refractivity contribution < 1.29 is 19.1 Å². The Morgan fingerprint density at radius 2 is 1.94 bits per heavy atom. The molecule has 0 radical (unpaired) electrons. The number of ether oxygens (including phenoxy) is 2. The molecule has 5 heteroatoms. The summed E-state index contributed by atoms with van der Waals surface area (Å²) in [5.74, 6) is -0.305. The molecule has 2 rings (SSSR count). The van der Waals surface area contributed by atoms with Crippen LogP contribution in [0.25, 0.3) is 0 Å². The molecule has 0 bridgehead atoms. The fourth-order valence-electron chi connectivity index (χ4n) is 1.86. The zero-order valence-electron chi connectivity index (χ0n) is 9.23. The summed E-state index contributed by atoms with van der Waals surface area (Å²) in [4.78, 5) is 22.4. The van der Waals surface area contributed by atoms with Gasteiger partial charge in [0, 0.05) is 5.92 Å². The van der Waals surface area contributed by atoms with Gasteiger partial charge in [0.05, 0.1) is 24.4 Å². The number of carbonyl (C=O) groups is 2. The van der Waals surface area contributed by atoms with Gasteiger partial charge in [0.1, 0.15) is 5.75 Å². The second-order valence-electron chi connectivity index (χ2n) is 3.85. The predicted octanol–water partition coefficient (Wildman–Crippen LogP) is 2.40. The SMILES string of the molecule is COc1ccc(C2CC(=O)OC(=O)C2)cc1Br. The van der Waals surface area contributed by atoms with Crippen molar-refractivity contribution >= 4 is 27.9 Å². The average Bonchev–Trinajstić information content (AvgIpc) is 2.27. The number of hydrogen-bond acceptors (Lipinski definition) is 4. The molecule has 4 nitrogen and oxygen atoms in total. The van der Waals surface area contributed by atoms with Gasteiger partial charge in [-0.15, -0.1) is 0 Å². The average molecular weight is 299 g/mol. The summed E-state index contributed by atoms with van der Waals surface area (Å²) < 4.78 is 10.4. The van der Waals surface area contributed by atoms with E-state index in [-0.39, 0.29) is 18.8 Å². The maximum atomic E-state index is 11.2. The van der Waals surface area contributed by atoms with Gasteiger partial charge >= 0.3 is 11.9 Å². The first-order valence-corrected chi connectivity index (χ1v) is 5.96. The number of hydrogen-bond donors (Lipinski definition) is 0. The van der Waals surface area contributed by atoms with Crippen LogP contribution in [0.4, 0.5) is 0 Å². The third kappa shape index (κ3) is 2.66. The monoisotopic (exact) mass is 298 g/mol. The molecule has 1 aliphatic rings. The molecule has 0 amide bonds. The summed E-state index contributed by atoms with van der Waals surface area (Å²) in [5.41, 5.74) is 0.933. The number of halogens is 1. The van der Waals surface area contributed by atoms with E-state index in [0.717, 1.165) is 15.8 Å². The fourth-order valence-corrected chi connectivity index (χ4v) is 2.42. The summed E-state index contributed by atoms with van der Waals surface area (Å²) >= 11 is 3.38. The lowest BCUT2D eigenvalue weighted by Crippen LogP contribution is -2.24. The van der Waals surface area contributed by atoms with E-state index < -0.39 is 11.9 Å². The van der Waals surface area contributed by atoms with Crippen molar-refractivity contribution in [3.05, 3.63) is 28.2 Å². The second-order valence-corrected chi connectivity index (χ2v) is 4.70. The maximum absolute atomic E-state index is 11.2. The van der Waals surface area contributed by atoms with Gasteiger partial charge in [-0.25, -0.2) is 0 Å². The van der Waals surface area contributed by atoms with E-state index in [2.05, 4.69) is 20.7 Å². The van der Waals surface area contributed by atoms with Crippen LogP contribution in [0.5, 0.6) is 5.75 Å². The molecule has 0 aliphatic carbocycles. The summed E-state index contributed by atoms with van der Waals surface area (Å²) in [6, 6.07) is 5.54. The van der Waals surface area contributed by atoms with Crippen molar-refractivity contribution in [3.63, 3.8) is 0 Å². The highest BCUT2D eigenvalue weighted by Gasteiger charge is 2.28. The van der Waals surface area contributed by atoms with E-state index in [9.17, 15) is 9.59 Å². The third-order valence-electron chi connectivity index (χ3n) is 2.70. The Hall–Kier alpha value is -1.36. The second kappa shape index (κ2) is 4.87. The van der Waals surface area contributed by atoms with Gasteiger partial charge in [-0.1, -0.05) is 6.07 Å².